The van der Waals surface area contributed by atoms with E-state index in [0.717, 1.165) is 11.0 Å². The molecule has 0 saturated carbocycles. The van der Waals surface area contributed by atoms with Crippen LogP contribution in [0.3, 0.4) is 0 Å². The predicted molar refractivity (Wildman–Crippen MR) is 80.2 cm³/mol. The van der Waals surface area contributed by atoms with Gasteiger partial charge < -0.3 is 4.74 Å². The summed E-state index contributed by atoms with van der Waals surface area (Å²) in [6.07, 6.45) is 2.53. The molecule has 0 unspecified atom stereocenters. The first-order valence-corrected chi connectivity index (χ1v) is 7.82. The molecule has 1 N–H and O–H groups in total. The second kappa shape index (κ2) is 7.18. The molecule has 10 heteroatoms. The monoisotopic (exact) mass is 341 g/mol. The van der Waals surface area contributed by atoms with E-state index in [9.17, 15) is 19.2 Å². The lowest BCUT2D eigenvalue weighted by atomic mass is 10.4. The minimum Gasteiger partial charge on any atom is -0.465 e. The molecule has 1 saturated heterocycles. The second-order valence-corrected chi connectivity index (χ2v) is 5.79. The number of hydrogen-bond acceptors (Lipinski definition) is 8. The first-order valence-electron chi connectivity index (χ1n) is 6.12. The number of rotatable bonds is 5. The van der Waals surface area contributed by atoms with Gasteiger partial charge in [-0.25, -0.2) is 4.98 Å². The summed E-state index contributed by atoms with van der Waals surface area (Å²) in [5.41, 5.74) is 0. The van der Waals surface area contributed by atoms with E-state index in [1.807, 2.05) is 0 Å². The number of esters is 1. The lowest BCUT2D eigenvalue weighted by Gasteiger charge is -2.10. The molecule has 2 rings (SSSR count). The molecular weight excluding hydrogens is 330 g/mol. The van der Waals surface area contributed by atoms with E-state index in [2.05, 4.69) is 15.0 Å². The number of thiazole rings is 1. The highest BCUT2D eigenvalue weighted by Crippen LogP contribution is 2.30. The Labute approximate surface area is 133 Å². The minimum atomic E-state index is -0.697. The van der Waals surface area contributed by atoms with Gasteiger partial charge in [0.05, 0.1) is 11.5 Å². The van der Waals surface area contributed by atoms with Crippen LogP contribution in [-0.4, -0.2) is 46.1 Å². The molecule has 1 aliphatic rings. The first kappa shape index (κ1) is 16.2. The summed E-state index contributed by atoms with van der Waals surface area (Å²) < 4.78 is 4.69. The van der Waals surface area contributed by atoms with Crippen molar-refractivity contribution in [3.05, 3.63) is 22.6 Å². The third kappa shape index (κ3) is 3.92. The molecule has 0 bridgehead atoms. The highest BCUT2D eigenvalue weighted by Gasteiger charge is 2.37. The Morgan fingerprint density at radius 1 is 1.45 bits per heavy atom. The van der Waals surface area contributed by atoms with Crippen molar-refractivity contribution in [2.45, 2.75) is 6.92 Å². The van der Waals surface area contributed by atoms with Crippen molar-refractivity contribution >= 4 is 51.3 Å². The SMILES string of the molecule is CCOC(=O)CN1C(=O)S/C(=C\C(=O)Nc2nccs2)C1=O. The molecule has 0 atom stereocenters. The van der Waals surface area contributed by atoms with Crippen molar-refractivity contribution in [3.8, 4) is 0 Å². The largest absolute Gasteiger partial charge is 0.465 e. The summed E-state index contributed by atoms with van der Waals surface area (Å²) in [4.78, 5) is 51.4. The number of anilines is 1. The Hall–Kier alpha value is -2.20. The fraction of sp³-hybridized carbons (Fsp3) is 0.250. The summed E-state index contributed by atoms with van der Waals surface area (Å²) >= 11 is 1.82. The van der Waals surface area contributed by atoms with E-state index >= 15 is 0 Å². The van der Waals surface area contributed by atoms with Gasteiger partial charge in [0.15, 0.2) is 5.13 Å². The number of carbonyl (C=O) groups excluding carboxylic acids is 4. The molecule has 22 heavy (non-hydrogen) atoms. The van der Waals surface area contributed by atoms with Crippen LogP contribution in [0.25, 0.3) is 0 Å². The number of nitrogens with one attached hydrogen (secondary N) is 1. The molecule has 1 aliphatic heterocycles. The van der Waals surface area contributed by atoms with Crippen molar-refractivity contribution < 1.29 is 23.9 Å². The van der Waals surface area contributed by atoms with E-state index in [-0.39, 0.29) is 11.5 Å². The smallest absolute Gasteiger partial charge is 0.326 e. The van der Waals surface area contributed by atoms with Gasteiger partial charge in [-0.05, 0) is 18.7 Å². The van der Waals surface area contributed by atoms with Crippen LogP contribution in [0.2, 0.25) is 0 Å². The molecule has 2 heterocycles. The third-order valence-corrected chi connectivity index (χ3v) is 3.99. The van der Waals surface area contributed by atoms with Crippen LogP contribution in [0.15, 0.2) is 22.6 Å². The lowest BCUT2D eigenvalue weighted by Crippen LogP contribution is -2.34. The number of hydrogen-bond donors (Lipinski definition) is 1. The van der Waals surface area contributed by atoms with Crippen molar-refractivity contribution in [1.82, 2.24) is 9.88 Å². The Balaban J connectivity index is 2.02. The van der Waals surface area contributed by atoms with Gasteiger partial charge >= 0.3 is 5.97 Å². The molecule has 0 aliphatic carbocycles. The van der Waals surface area contributed by atoms with Gasteiger partial charge in [0.1, 0.15) is 6.54 Å². The predicted octanol–water partition coefficient (Wildman–Crippen LogP) is 1.22. The van der Waals surface area contributed by atoms with Gasteiger partial charge in [0, 0.05) is 17.7 Å². The van der Waals surface area contributed by atoms with Crippen molar-refractivity contribution in [1.29, 1.82) is 0 Å². The van der Waals surface area contributed by atoms with Gasteiger partial charge in [-0.3, -0.25) is 29.4 Å². The van der Waals surface area contributed by atoms with E-state index in [1.165, 1.54) is 17.5 Å². The van der Waals surface area contributed by atoms with Crippen molar-refractivity contribution in [2.24, 2.45) is 0 Å². The van der Waals surface area contributed by atoms with Crippen molar-refractivity contribution in [2.75, 3.05) is 18.5 Å². The zero-order chi connectivity index (χ0) is 16.1. The molecule has 0 radical (unpaired) electrons. The zero-order valence-corrected chi connectivity index (χ0v) is 13.0. The maximum Gasteiger partial charge on any atom is 0.326 e. The number of aromatic nitrogens is 1. The average Bonchev–Trinajstić information content (AvgIpc) is 3.03. The average molecular weight is 341 g/mol. The van der Waals surface area contributed by atoms with Gasteiger partial charge in [-0.2, -0.15) is 0 Å². The van der Waals surface area contributed by atoms with Gasteiger partial charge in [0.2, 0.25) is 0 Å². The molecule has 0 aromatic carbocycles. The van der Waals surface area contributed by atoms with Crippen LogP contribution in [0, 0.1) is 0 Å². The molecule has 8 nitrogen and oxygen atoms in total. The quantitative estimate of drug-likeness (QED) is 0.634. The van der Waals surface area contributed by atoms with Crippen LogP contribution in [-0.2, 0) is 19.1 Å². The molecule has 3 amide bonds. The van der Waals surface area contributed by atoms with Crippen LogP contribution in [0.1, 0.15) is 6.92 Å². The number of amides is 3. The number of imide groups is 1. The highest BCUT2D eigenvalue weighted by molar-refractivity contribution is 8.18. The van der Waals surface area contributed by atoms with Crippen LogP contribution >= 0.6 is 23.1 Å². The maximum absolute atomic E-state index is 12.0. The van der Waals surface area contributed by atoms with Crippen LogP contribution < -0.4 is 5.32 Å². The molecule has 116 valence electrons. The van der Waals surface area contributed by atoms with Gasteiger partial charge in [-0.1, -0.05) is 0 Å². The van der Waals surface area contributed by atoms with Gasteiger partial charge in [-0.15, -0.1) is 11.3 Å². The Morgan fingerprint density at radius 2 is 2.23 bits per heavy atom. The van der Waals surface area contributed by atoms with Crippen LogP contribution in [0.5, 0.6) is 0 Å². The standard InChI is InChI=1S/C12H11N3O5S2/c1-2-20-9(17)6-15-10(18)7(22-12(15)19)5-8(16)14-11-13-3-4-21-11/h3-5H,2,6H2,1H3,(H,13,14,16)/b7-5-. The maximum atomic E-state index is 12.0. The fourth-order valence-electron chi connectivity index (χ4n) is 1.52. The number of thioether (sulfide) groups is 1. The topological polar surface area (TPSA) is 106 Å². The molecule has 1 fully saturated rings. The number of nitrogens with zero attached hydrogens (tertiary/aromatic N) is 2. The summed E-state index contributed by atoms with van der Waals surface area (Å²) in [5, 5.41) is 3.91. The van der Waals surface area contributed by atoms with Crippen molar-refractivity contribution in [3.63, 3.8) is 0 Å². The fourth-order valence-corrected chi connectivity index (χ4v) is 2.86. The lowest BCUT2D eigenvalue weighted by molar-refractivity contribution is -0.146. The second-order valence-electron chi connectivity index (χ2n) is 3.90. The Kier molecular flexibility index (Phi) is 5.28. The Morgan fingerprint density at radius 3 is 2.86 bits per heavy atom. The Bertz CT molecular complexity index is 641. The summed E-state index contributed by atoms with van der Waals surface area (Å²) in [5.74, 6) is -1.95. The molecular formula is C12H11N3O5S2. The zero-order valence-electron chi connectivity index (χ0n) is 11.4. The normalized spacial score (nSPS) is 16.2. The third-order valence-electron chi connectivity index (χ3n) is 2.39. The molecule has 0 spiro atoms. The van der Waals surface area contributed by atoms with E-state index < -0.39 is 29.6 Å². The number of ether oxygens (including phenoxy) is 1. The van der Waals surface area contributed by atoms with E-state index in [4.69, 9.17) is 0 Å². The summed E-state index contributed by atoms with van der Waals surface area (Å²) in [7, 11) is 0. The highest BCUT2D eigenvalue weighted by atomic mass is 32.2. The summed E-state index contributed by atoms with van der Waals surface area (Å²) in [6.45, 7) is 1.31. The molecule has 1 aromatic rings. The van der Waals surface area contributed by atoms with Crippen LogP contribution in [0.4, 0.5) is 9.93 Å². The van der Waals surface area contributed by atoms with E-state index in [0.29, 0.717) is 16.9 Å². The van der Waals surface area contributed by atoms with E-state index in [1.54, 1.807) is 12.3 Å². The first-order chi connectivity index (χ1) is 10.5. The molecule has 1 aromatic heterocycles. The van der Waals surface area contributed by atoms with Gasteiger partial charge in [0.25, 0.3) is 17.1 Å². The summed E-state index contributed by atoms with van der Waals surface area (Å²) in [6, 6.07) is 0. The minimum absolute atomic E-state index is 0.0524. The number of carbonyl (C=O) groups is 4.